The van der Waals surface area contributed by atoms with E-state index in [2.05, 4.69) is 9.97 Å². The Morgan fingerprint density at radius 1 is 1.18 bits per heavy atom. The van der Waals surface area contributed by atoms with Gasteiger partial charge in [0.25, 0.3) is 0 Å². The van der Waals surface area contributed by atoms with E-state index in [0.29, 0.717) is 5.00 Å². The summed E-state index contributed by atoms with van der Waals surface area (Å²) < 4.78 is 5.30. The maximum Gasteiger partial charge on any atom is 0.162 e. The highest BCUT2D eigenvalue weighted by Gasteiger charge is 2.13. The van der Waals surface area contributed by atoms with Crippen molar-refractivity contribution in [2.24, 2.45) is 0 Å². The number of rotatable bonds is 2. The summed E-state index contributed by atoms with van der Waals surface area (Å²) in [7, 11) is 0. The second kappa shape index (κ2) is 4.03. The lowest BCUT2D eigenvalue weighted by atomic mass is 10.2. The van der Waals surface area contributed by atoms with Gasteiger partial charge in [-0.05, 0) is 24.3 Å². The van der Waals surface area contributed by atoms with Crippen LogP contribution in [0, 0.1) is 0 Å². The van der Waals surface area contributed by atoms with Crippen LogP contribution in [-0.2, 0) is 0 Å². The van der Waals surface area contributed by atoms with Gasteiger partial charge in [-0.2, -0.15) is 0 Å². The molecule has 3 aromatic heterocycles. The van der Waals surface area contributed by atoms with E-state index in [1.54, 1.807) is 18.7 Å². The van der Waals surface area contributed by atoms with Crippen molar-refractivity contribution in [3.63, 3.8) is 0 Å². The summed E-state index contributed by atoms with van der Waals surface area (Å²) in [5, 5.41) is 1.47. The first-order valence-corrected chi connectivity index (χ1v) is 5.87. The Labute approximate surface area is 102 Å². The lowest BCUT2D eigenvalue weighted by Gasteiger charge is -1.95. The minimum absolute atomic E-state index is 0.683. The summed E-state index contributed by atoms with van der Waals surface area (Å²) in [6, 6.07) is 7.47. The molecular formula is C12H9N3OS. The Bertz CT molecular complexity index is 617. The Balaban J connectivity index is 2.08. The maximum atomic E-state index is 5.97. The summed E-state index contributed by atoms with van der Waals surface area (Å²) in [6.45, 7) is 0. The average Bonchev–Trinajstić information content (AvgIpc) is 2.99. The highest BCUT2D eigenvalue weighted by molar-refractivity contribution is 7.19. The second-order valence-electron chi connectivity index (χ2n) is 3.45. The van der Waals surface area contributed by atoms with Crippen molar-refractivity contribution in [1.82, 2.24) is 9.97 Å². The molecule has 84 valence electrons. The van der Waals surface area contributed by atoms with Crippen LogP contribution in [0.4, 0.5) is 5.00 Å². The highest BCUT2D eigenvalue weighted by atomic mass is 32.1. The van der Waals surface area contributed by atoms with Gasteiger partial charge in [-0.3, -0.25) is 4.98 Å². The van der Waals surface area contributed by atoms with Crippen LogP contribution < -0.4 is 5.73 Å². The summed E-state index contributed by atoms with van der Waals surface area (Å²) in [5.74, 6) is 0.738. The van der Waals surface area contributed by atoms with Crippen LogP contribution in [0.1, 0.15) is 0 Å². The van der Waals surface area contributed by atoms with Gasteiger partial charge >= 0.3 is 0 Å². The lowest BCUT2D eigenvalue weighted by molar-refractivity contribution is 0.582. The molecule has 4 nitrogen and oxygen atoms in total. The molecule has 3 heterocycles. The van der Waals surface area contributed by atoms with E-state index in [1.165, 1.54) is 11.3 Å². The molecule has 0 radical (unpaired) electrons. The van der Waals surface area contributed by atoms with E-state index < -0.39 is 0 Å². The van der Waals surface area contributed by atoms with E-state index in [0.717, 1.165) is 22.0 Å². The number of furan rings is 1. The van der Waals surface area contributed by atoms with Crippen molar-refractivity contribution >= 4 is 16.3 Å². The van der Waals surface area contributed by atoms with Gasteiger partial charge in [0, 0.05) is 18.0 Å². The predicted molar refractivity (Wildman–Crippen MR) is 67.5 cm³/mol. The van der Waals surface area contributed by atoms with E-state index >= 15 is 0 Å². The maximum absolute atomic E-state index is 5.97. The van der Waals surface area contributed by atoms with E-state index in [4.69, 9.17) is 10.2 Å². The van der Waals surface area contributed by atoms with E-state index in [1.807, 2.05) is 24.3 Å². The largest absolute Gasteiger partial charge is 0.462 e. The Kier molecular flexibility index (Phi) is 2.38. The quantitative estimate of drug-likeness (QED) is 0.751. The minimum Gasteiger partial charge on any atom is -0.462 e. The third kappa shape index (κ3) is 1.81. The van der Waals surface area contributed by atoms with Crippen LogP contribution in [0.3, 0.4) is 0 Å². The van der Waals surface area contributed by atoms with Gasteiger partial charge < -0.3 is 10.2 Å². The molecule has 0 aliphatic heterocycles. The van der Waals surface area contributed by atoms with Crippen molar-refractivity contribution in [1.29, 1.82) is 0 Å². The smallest absolute Gasteiger partial charge is 0.162 e. The molecule has 0 spiro atoms. The van der Waals surface area contributed by atoms with Gasteiger partial charge in [0.1, 0.15) is 10.7 Å². The third-order valence-electron chi connectivity index (χ3n) is 2.34. The van der Waals surface area contributed by atoms with Crippen molar-refractivity contribution in [3.8, 4) is 22.0 Å². The number of nitrogen functional groups attached to an aromatic ring is 1. The summed E-state index contributed by atoms with van der Waals surface area (Å²) in [6.07, 6.45) is 5.07. The summed E-state index contributed by atoms with van der Waals surface area (Å²) in [4.78, 5) is 8.47. The topological polar surface area (TPSA) is 64.9 Å². The molecule has 0 atom stereocenters. The third-order valence-corrected chi connectivity index (χ3v) is 3.24. The molecule has 0 aromatic carbocycles. The first-order chi connectivity index (χ1) is 8.34. The minimum atomic E-state index is 0.683. The highest BCUT2D eigenvalue weighted by Crippen LogP contribution is 2.35. The number of nitrogens with two attached hydrogens (primary N) is 1. The Hall–Kier alpha value is -2.14. The number of hydrogen-bond acceptors (Lipinski definition) is 5. The molecule has 0 saturated carbocycles. The van der Waals surface area contributed by atoms with E-state index in [9.17, 15) is 0 Å². The van der Waals surface area contributed by atoms with E-state index in [-0.39, 0.29) is 0 Å². The zero-order valence-corrected chi connectivity index (χ0v) is 9.65. The SMILES string of the molecule is Nc1sc(-c2ccco2)nc1-c1ccncc1. The molecule has 0 bridgehead atoms. The van der Waals surface area contributed by atoms with Crippen LogP contribution in [0.5, 0.6) is 0 Å². The number of aromatic nitrogens is 2. The second-order valence-corrected chi connectivity index (χ2v) is 4.48. The van der Waals surface area contributed by atoms with Gasteiger partial charge in [0.05, 0.1) is 6.26 Å². The first kappa shape index (κ1) is 10.0. The van der Waals surface area contributed by atoms with Crippen LogP contribution in [-0.4, -0.2) is 9.97 Å². The van der Waals surface area contributed by atoms with Gasteiger partial charge in [0.2, 0.25) is 0 Å². The number of pyridine rings is 1. The zero-order chi connectivity index (χ0) is 11.7. The van der Waals surface area contributed by atoms with Gasteiger partial charge in [-0.1, -0.05) is 11.3 Å². The van der Waals surface area contributed by atoms with Crippen molar-refractivity contribution in [2.75, 3.05) is 5.73 Å². The standard InChI is InChI=1S/C12H9N3OS/c13-11-10(8-3-5-14-6-4-8)15-12(17-11)9-2-1-7-16-9/h1-7H,13H2. The number of thiazole rings is 1. The molecule has 2 N–H and O–H groups in total. The van der Waals surface area contributed by atoms with Gasteiger partial charge in [-0.25, -0.2) is 4.98 Å². The van der Waals surface area contributed by atoms with Crippen molar-refractivity contribution in [2.45, 2.75) is 0 Å². The zero-order valence-electron chi connectivity index (χ0n) is 8.83. The molecule has 0 unspecified atom stereocenters. The fourth-order valence-electron chi connectivity index (χ4n) is 1.55. The van der Waals surface area contributed by atoms with Gasteiger partial charge in [-0.15, -0.1) is 0 Å². The van der Waals surface area contributed by atoms with Crippen LogP contribution in [0.15, 0.2) is 47.3 Å². The van der Waals surface area contributed by atoms with Crippen LogP contribution in [0.25, 0.3) is 22.0 Å². The molecule has 0 aliphatic carbocycles. The molecular weight excluding hydrogens is 234 g/mol. The molecule has 0 aliphatic rings. The summed E-state index contributed by atoms with van der Waals surface area (Å²) >= 11 is 1.42. The first-order valence-electron chi connectivity index (χ1n) is 5.05. The van der Waals surface area contributed by atoms with Crippen molar-refractivity contribution < 1.29 is 4.42 Å². The number of hydrogen-bond donors (Lipinski definition) is 1. The number of anilines is 1. The summed E-state index contributed by atoms with van der Waals surface area (Å²) in [5.41, 5.74) is 7.72. The average molecular weight is 243 g/mol. The van der Waals surface area contributed by atoms with Crippen molar-refractivity contribution in [3.05, 3.63) is 42.9 Å². The molecule has 3 rings (SSSR count). The molecule has 5 heteroatoms. The predicted octanol–water partition coefficient (Wildman–Crippen LogP) is 3.05. The Morgan fingerprint density at radius 2 is 2.00 bits per heavy atom. The van der Waals surface area contributed by atoms with Crippen LogP contribution in [0.2, 0.25) is 0 Å². The monoisotopic (exact) mass is 243 g/mol. The Morgan fingerprint density at radius 3 is 2.71 bits per heavy atom. The molecule has 0 fully saturated rings. The molecule has 0 saturated heterocycles. The molecule has 3 aromatic rings. The normalized spacial score (nSPS) is 10.6. The van der Waals surface area contributed by atoms with Gasteiger partial charge in [0.15, 0.2) is 10.8 Å². The molecule has 0 amide bonds. The fraction of sp³-hybridized carbons (Fsp3) is 0. The molecule has 17 heavy (non-hydrogen) atoms. The van der Waals surface area contributed by atoms with Crippen LogP contribution >= 0.6 is 11.3 Å². The number of nitrogens with zero attached hydrogens (tertiary/aromatic N) is 2. The lowest BCUT2D eigenvalue weighted by Crippen LogP contribution is -1.85. The fourth-order valence-corrected chi connectivity index (χ4v) is 2.38.